The predicted molar refractivity (Wildman–Crippen MR) is 101 cm³/mol. The fourth-order valence-corrected chi connectivity index (χ4v) is 2.85. The van der Waals surface area contributed by atoms with Crippen LogP contribution in [-0.2, 0) is 6.18 Å². The molecule has 1 amide bonds. The van der Waals surface area contributed by atoms with Crippen molar-refractivity contribution in [3.8, 4) is 17.1 Å². The van der Waals surface area contributed by atoms with Crippen LogP contribution in [0.3, 0.4) is 0 Å². The van der Waals surface area contributed by atoms with Crippen LogP contribution >= 0.6 is 0 Å². The van der Waals surface area contributed by atoms with Crippen molar-refractivity contribution in [2.24, 2.45) is 0 Å². The maximum atomic E-state index is 13.7. The van der Waals surface area contributed by atoms with Gasteiger partial charge in [0.05, 0.1) is 17.5 Å². The van der Waals surface area contributed by atoms with Crippen molar-refractivity contribution in [2.75, 3.05) is 5.32 Å². The van der Waals surface area contributed by atoms with Crippen molar-refractivity contribution in [3.63, 3.8) is 0 Å². The van der Waals surface area contributed by atoms with Crippen LogP contribution in [0.4, 0.5) is 23.2 Å². The number of carbonyl (C=O) groups is 1. The van der Waals surface area contributed by atoms with E-state index in [1.807, 2.05) is 0 Å². The van der Waals surface area contributed by atoms with Gasteiger partial charge in [0.25, 0.3) is 5.91 Å². The van der Waals surface area contributed by atoms with Gasteiger partial charge in [-0.2, -0.15) is 18.3 Å². The highest BCUT2D eigenvalue weighted by Crippen LogP contribution is 2.33. The van der Waals surface area contributed by atoms with E-state index < -0.39 is 23.6 Å². The summed E-state index contributed by atoms with van der Waals surface area (Å²) in [5, 5.41) is 6.19. The summed E-state index contributed by atoms with van der Waals surface area (Å²) in [6, 6.07) is 15.4. The van der Waals surface area contributed by atoms with Gasteiger partial charge in [0.15, 0.2) is 11.5 Å². The van der Waals surface area contributed by atoms with Gasteiger partial charge in [-0.25, -0.2) is 9.07 Å². The third-order valence-corrected chi connectivity index (χ3v) is 4.26. The molecule has 0 aliphatic heterocycles. The second kappa shape index (κ2) is 7.51. The van der Waals surface area contributed by atoms with E-state index in [4.69, 9.17) is 4.42 Å². The Labute approximate surface area is 167 Å². The van der Waals surface area contributed by atoms with E-state index in [2.05, 4.69) is 10.4 Å². The quantitative estimate of drug-likeness (QED) is 0.445. The topological polar surface area (TPSA) is 60.1 Å². The van der Waals surface area contributed by atoms with Gasteiger partial charge in [-0.1, -0.05) is 12.1 Å². The second-order valence-corrected chi connectivity index (χ2v) is 6.28. The molecule has 0 fully saturated rings. The van der Waals surface area contributed by atoms with E-state index in [1.54, 1.807) is 6.07 Å². The number of hydrogen-bond acceptors (Lipinski definition) is 3. The molecule has 0 unspecified atom stereocenters. The number of nitrogens with zero attached hydrogens (tertiary/aromatic N) is 2. The first-order valence-corrected chi connectivity index (χ1v) is 8.70. The average molecular weight is 415 g/mol. The molecular formula is C21H13F4N3O2. The van der Waals surface area contributed by atoms with Gasteiger partial charge in [0, 0.05) is 11.8 Å². The van der Waals surface area contributed by atoms with Crippen molar-refractivity contribution in [2.45, 2.75) is 6.18 Å². The molecule has 2 aromatic carbocycles. The maximum absolute atomic E-state index is 13.7. The standard InChI is InChI=1S/C21H13F4N3O2/c22-16-5-2-1-4-15(16)20(29)26-13-7-9-14(10-8-13)28-17(18-6-3-11-30-18)12-19(27-28)21(23,24)25/h1-12H,(H,26,29). The number of aromatic nitrogens is 2. The highest BCUT2D eigenvalue weighted by Gasteiger charge is 2.35. The molecule has 2 aromatic heterocycles. The lowest BCUT2D eigenvalue weighted by Gasteiger charge is -2.09. The number of rotatable bonds is 4. The van der Waals surface area contributed by atoms with E-state index in [-0.39, 0.29) is 17.0 Å². The summed E-state index contributed by atoms with van der Waals surface area (Å²) in [6.07, 6.45) is -3.28. The third-order valence-electron chi connectivity index (χ3n) is 4.26. The Balaban J connectivity index is 1.64. The fraction of sp³-hybridized carbons (Fsp3) is 0.0476. The summed E-state index contributed by atoms with van der Waals surface area (Å²) in [5.41, 5.74) is -0.402. The molecule has 4 aromatic rings. The summed E-state index contributed by atoms with van der Waals surface area (Å²) < 4.78 is 59.5. The summed E-state index contributed by atoms with van der Waals surface area (Å²) in [4.78, 5) is 12.2. The fourth-order valence-electron chi connectivity index (χ4n) is 2.85. The van der Waals surface area contributed by atoms with Crippen molar-refractivity contribution < 1.29 is 26.8 Å². The van der Waals surface area contributed by atoms with Crippen LogP contribution < -0.4 is 5.32 Å². The molecule has 30 heavy (non-hydrogen) atoms. The molecule has 4 rings (SSSR count). The molecule has 0 spiro atoms. The highest BCUT2D eigenvalue weighted by atomic mass is 19.4. The molecule has 0 radical (unpaired) electrons. The number of carbonyl (C=O) groups excluding carboxylic acids is 1. The highest BCUT2D eigenvalue weighted by molar-refractivity contribution is 6.04. The third kappa shape index (κ3) is 3.82. The lowest BCUT2D eigenvalue weighted by molar-refractivity contribution is -0.141. The largest absolute Gasteiger partial charge is 0.463 e. The van der Waals surface area contributed by atoms with Gasteiger partial charge in [0.2, 0.25) is 0 Å². The number of hydrogen-bond donors (Lipinski definition) is 1. The molecule has 0 bridgehead atoms. The molecule has 2 heterocycles. The zero-order valence-corrected chi connectivity index (χ0v) is 15.2. The minimum absolute atomic E-state index is 0.121. The molecule has 152 valence electrons. The van der Waals surface area contributed by atoms with E-state index in [0.717, 1.165) is 10.7 Å². The van der Waals surface area contributed by atoms with Gasteiger partial charge in [-0.05, 0) is 48.5 Å². The van der Waals surface area contributed by atoms with Crippen LogP contribution in [0.2, 0.25) is 0 Å². The summed E-state index contributed by atoms with van der Waals surface area (Å²) in [7, 11) is 0. The number of furan rings is 1. The van der Waals surface area contributed by atoms with Gasteiger partial charge in [-0.15, -0.1) is 0 Å². The normalized spacial score (nSPS) is 11.5. The van der Waals surface area contributed by atoms with E-state index in [0.29, 0.717) is 11.4 Å². The SMILES string of the molecule is O=C(Nc1ccc(-n2nc(C(F)(F)F)cc2-c2ccco2)cc1)c1ccccc1F. The van der Waals surface area contributed by atoms with E-state index in [1.165, 1.54) is 60.9 Å². The Hall–Kier alpha value is -3.88. The lowest BCUT2D eigenvalue weighted by Crippen LogP contribution is -2.13. The first-order chi connectivity index (χ1) is 14.3. The number of amides is 1. The van der Waals surface area contributed by atoms with Crippen LogP contribution in [0, 0.1) is 5.82 Å². The number of anilines is 1. The Morgan fingerprint density at radius 3 is 2.37 bits per heavy atom. The summed E-state index contributed by atoms with van der Waals surface area (Å²) in [6.45, 7) is 0. The average Bonchev–Trinajstić information content (AvgIpc) is 3.38. The second-order valence-electron chi connectivity index (χ2n) is 6.28. The first-order valence-electron chi connectivity index (χ1n) is 8.70. The minimum Gasteiger partial charge on any atom is -0.463 e. The van der Waals surface area contributed by atoms with Gasteiger partial charge in [0.1, 0.15) is 11.5 Å². The molecular weight excluding hydrogens is 402 g/mol. The number of benzene rings is 2. The van der Waals surface area contributed by atoms with Gasteiger partial charge < -0.3 is 9.73 Å². The monoisotopic (exact) mass is 415 g/mol. The Morgan fingerprint density at radius 2 is 1.73 bits per heavy atom. The molecule has 0 atom stereocenters. The molecule has 9 heteroatoms. The predicted octanol–water partition coefficient (Wildman–Crippen LogP) is 5.54. The van der Waals surface area contributed by atoms with E-state index >= 15 is 0 Å². The van der Waals surface area contributed by atoms with E-state index in [9.17, 15) is 22.4 Å². The number of nitrogens with one attached hydrogen (secondary N) is 1. The molecule has 0 saturated heterocycles. The molecule has 0 saturated carbocycles. The summed E-state index contributed by atoms with van der Waals surface area (Å²) in [5.74, 6) is -1.09. The van der Waals surface area contributed by atoms with Crippen molar-refractivity contribution in [1.82, 2.24) is 9.78 Å². The zero-order chi connectivity index (χ0) is 21.3. The van der Waals surface area contributed by atoms with Crippen LogP contribution in [0.1, 0.15) is 16.1 Å². The van der Waals surface area contributed by atoms with Crippen LogP contribution in [-0.4, -0.2) is 15.7 Å². The van der Waals surface area contributed by atoms with Gasteiger partial charge >= 0.3 is 6.18 Å². The smallest absolute Gasteiger partial charge is 0.435 e. The van der Waals surface area contributed by atoms with Crippen molar-refractivity contribution in [3.05, 3.63) is 90.1 Å². The summed E-state index contributed by atoms with van der Waals surface area (Å²) >= 11 is 0. The first kappa shape index (κ1) is 19.4. The van der Waals surface area contributed by atoms with Crippen LogP contribution in [0.15, 0.2) is 77.4 Å². The maximum Gasteiger partial charge on any atom is 0.435 e. The molecule has 0 aliphatic carbocycles. The zero-order valence-electron chi connectivity index (χ0n) is 15.2. The Kier molecular flexibility index (Phi) is 4.86. The van der Waals surface area contributed by atoms with Crippen molar-refractivity contribution in [1.29, 1.82) is 0 Å². The Morgan fingerprint density at radius 1 is 1.00 bits per heavy atom. The molecule has 5 nitrogen and oxygen atoms in total. The van der Waals surface area contributed by atoms with Crippen LogP contribution in [0.25, 0.3) is 17.1 Å². The minimum atomic E-state index is -4.62. The van der Waals surface area contributed by atoms with Crippen molar-refractivity contribution >= 4 is 11.6 Å². The number of halogens is 4. The number of alkyl halides is 3. The lowest BCUT2D eigenvalue weighted by atomic mass is 10.2. The van der Waals surface area contributed by atoms with Gasteiger partial charge in [-0.3, -0.25) is 4.79 Å². The van der Waals surface area contributed by atoms with Crippen LogP contribution in [0.5, 0.6) is 0 Å². The Bertz CT molecular complexity index is 1180. The molecule has 1 N–H and O–H groups in total. The molecule has 0 aliphatic rings.